The molecule has 0 aromatic heterocycles. The monoisotopic (exact) mass is 290 g/mol. The average Bonchev–Trinajstić information content (AvgIpc) is 2.39. The van der Waals surface area contributed by atoms with Gasteiger partial charge in [-0.3, -0.25) is 0 Å². The quantitative estimate of drug-likeness (QED) is 0.815. The Balaban J connectivity index is 1.98. The van der Waals surface area contributed by atoms with Gasteiger partial charge in [-0.05, 0) is 42.7 Å². The second-order valence-electron chi connectivity index (χ2n) is 5.13. The van der Waals surface area contributed by atoms with E-state index < -0.39 is 5.60 Å². The summed E-state index contributed by atoms with van der Waals surface area (Å²) in [7, 11) is 0. The van der Waals surface area contributed by atoms with Crippen LogP contribution >= 0.6 is 23.4 Å². The third-order valence-corrected chi connectivity index (χ3v) is 5.15. The lowest BCUT2D eigenvalue weighted by molar-refractivity contribution is 0.0421. The molecule has 1 nitrogen and oxygen atoms in total. The molecule has 0 saturated heterocycles. The molecule has 3 rings (SSSR count). The summed E-state index contributed by atoms with van der Waals surface area (Å²) >= 11 is 7.75. The van der Waals surface area contributed by atoms with Crippen LogP contribution in [0.1, 0.15) is 29.7 Å². The van der Waals surface area contributed by atoms with Crippen molar-refractivity contribution < 1.29 is 5.11 Å². The molecule has 1 heterocycles. The van der Waals surface area contributed by atoms with Crippen molar-refractivity contribution in [2.24, 2.45) is 0 Å². The molecule has 2 aromatic carbocycles. The van der Waals surface area contributed by atoms with E-state index in [1.807, 2.05) is 61.2 Å². The molecule has 98 valence electrons. The normalized spacial score (nSPS) is 25.9. The van der Waals surface area contributed by atoms with Crippen LogP contribution in [0.15, 0.2) is 53.4 Å². The van der Waals surface area contributed by atoms with Crippen LogP contribution in [-0.2, 0) is 5.60 Å². The van der Waals surface area contributed by atoms with Crippen molar-refractivity contribution in [3.63, 3.8) is 0 Å². The number of halogens is 1. The van der Waals surface area contributed by atoms with Gasteiger partial charge in [0, 0.05) is 15.2 Å². The number of rotatable bonds is 1. The molecule has 1 N–H and O–H groups in total. The summed E-state index contributed by atoms with van der Waals surface area (Å²) in [6.07, 6.45) is 0.719. The van der Waals surface area contributed by atoms with Gasteiger partial charge in [0.15, 0.2) is 0 Å². The Kier molecular flexibility index (Phi) is 3.34. The summed E-state index contributed by atoms with van der Waals surface area (Å²) in [5.74, 6) is 0. The summed E-state index contributed by atoms with van der Waals surface area (Å²) in [5.41, 5.74) is 1.47. The van der Waals surface area contributed by atoms with Gasteiger partial charge in [0.25, 0.3) is 0 Å². The molecule has 0 unspecified atom stereocenters. The summed E-state index contributed by atoms with van der Waals surface area (Å²) in [4.78, 5) is 1.17. The zero-order chi connectivity index (χ0) is 13.5. The van der Waals surface area contributed by atoms with Crippen molar-refractivity contribution >= 4 is 23.4 Å². The first kappa shape index (κ1) is 13.0. The van der Waals surface area contributed by atoms with Crippen LogP contribution in [0.2, 0.25) is 5.02 Å². The Morgan fingerprint density at radius 2 is 1.84 bits per heavy atom. The van der Waals surface area contributed by atoms with E-state index in [4.69, 9.17) is 11.6 Å². The molecule has 19 heavy (non-hydrogen) atoms. The molecule has 0 saturated carbocycles. The van der Waals surface area contributed by atoms with Crippen molar-refractivity contribution in [1.29, 1.82) is 0 Å². The minimum Gasteiger partial charge on any atom is -0.385 e. The Morgan fingerprint density at radius 3 is 2.58 bits per heavy atom. The zero-order valence-electron chi connectivity index (χ0n) is 10.6. The van der Waals surface area contributed by atoms with Crippen molar-refractivity contribution in [2.75, 3.05) is 0 Å². The molecule has 3 heteroatoms. The van der Waals surface area contributed by atoms with Crippen molar-refractivity contribution in [2.45, 2.75) is 29.1 Å². The second-order valence-corrected chi connectivity index (χ2v) is 6.81. The highest BCUT2D eigenvalue weighted by Crippen LogP contribution is 2.51. The Bertz CT molecular complexity index is 592. The van der Waals surface area contributed by atoms with Gasteiger partial charge in [-0.25, -0.2) is 0 Å². The molecular formula is C16H15ClOS. The maximum Gasteiger partial charge on any atom is 0.0893 e. The SMILES string of the molecule is C[C@@]1(O)C[C@H](c2ccc(Cl)cc2)Sc2ccccc21. The van der Waals surface area contributed by atoms with E-state index in [0.717, 1.165) is 17.0 Å². The topological polar surface area (TPSA) is 20.2 Å². The first-order valence-corrected chi connectivity index (χ1v) is 7.56. The summed E-state index contributed by atoms with van der Waals surface area (Å²) in [5, 5.41) is 11.7. The van der Waals surface area contributed by atoms with Gasteiger partial charge in [-0.1, -0.05) is 41.9 Å². The van der Waals surface area contributed by atoms with Gasteiger partial charge in [-0.2, -0.15) is 0 Å². The number of fused-ring (bicyclic) bond motifs is 1. The average molecular weight is 291 g/mol. The molecule has 1 aliphatic heterocycles. The number of benzene rings is 2. The van der Waals surface area contributed by atoms with E-state index in [-0.39, 0.29) is 5.25 Å². The predicted octanol–water partition coefficient (Wildman–Crippen LogP) is 4.78. The summed E-state index contributed by atoms with van der Waals surface area (Å²) in [6, 6.07) is 16.0. The molecule has 0 aliphatic carbocycles. The summed E-state index contributed by atoms with van der Waals surface area (Å²) in [6.45, 7) is 1.90. The second kappa shape index (κ2) is 4.86. The van der Waals surface area contributed by atoms with E-state index in [1.54, 1.807) is 0 Å². The van der Waals surface area contributed by atoms with E-state index >= 15 is 0 Å². The van der Waals surface area contributed by atoms with Crippen LogP contribution in [0, 0.1) is 0 Å². The van der Waals surface area contributed by atoms with E-state index in [2.05, 4.69) is 6.07 Å². The van der Waals surface area contributed by atoms with Gasteiger partial charge in [0.2, 0.25) is 0 Å². The van der Waals surface area contributed by atoms with Crippen LogP contribution < -0.4 is 0 Å². The first-order valence-electron chi connectivity index (χ1n) is 6.30. The maximum absolute atomic E-state index is 10.7. The first-order chi connectivity index (χ1) is 9.06. The number of hydrogen-bond acceptors (Lipinski definition) is 2. The minimum atomic E-state index is -0.772. The lowest BCUT2D eigenvalue weighted by Gasteiger charge is -2.35. The fraction of sp³-hybridized carbons (Fsp3) is 0.250. The van der Waals surface area contributed by atoms with Gasteiger partial charge < -0.3 is 5.11 Å². The van der Waals surface area contributed by atoms with E-state index in [0.29, 0.717) is 0 Å². The number of thioether (sulfide) groups is 1. The molecule has 0 bridgehead atoms. The molecular weight excluding hydrogens is 276 g/mol. The van der Waals surface area contributed by atoms with Gasteiger partial charge in [0.05, 0.1) is 5.60 Å². The smallest absolute Gasteiger partial charge is 0.0893 e. The molecule has 2 atom stereocenters. The lowest BCUT2D eigenvalue weighted by Crippen LogP contribution is -2.27. The van der Waals surface area contributed by atoms with Crippen LogP contribution in [0.5, 0.6) is 0 Å². The highest BCUT2D eigenvalue weighted by atomic mass is 35.5. The lowest BCUT2D eigenvalue weighted by atomic mass is 9.88. The Hall–Kier alpha value is -0.960. The highest BCUT2D eigenvalue weighted by Gasteiger charge is 2.35. The van der Waals surface area contributed by atoms with Gasteiger partial charge in [-0.15, -0.1) is 11.8 Å². The predicted molar refractivity (Wildman–Crippen MR) is 80.7 cm³/mol. The zero-order valence-corrected chi connectivity index (χ0v) is 12.2. The molecule has 1 aliphatic rings. The molecule has 0 spiro atoms. The Labute approximate surface area is 122 Å². The Morgan fingerprint density at radius 1 is 1.16 bits per heavy atom. The molecule has 2 aromatic rings. The van der Waals surface area contributed by atoms with Crippen LogP contribution in [0.3, 0.4) is 0 Å². The summed E-state index contributed by atoms with van der Waals surface area (Å²) < 4.78 is 0. The van der Waals surface area contributed by atoms with Gasteiger partial charge in [0.1, 0.15) is 0 Å². The minimum absolute atomic E-state index is 0.266. The third-order valence-electron chi connectivity index (χ3n) is 3.56. The molecule has 0 radical (unpaired) electrons. The van der Waals surface area contributed by atoms with Crippen molar-refractivity contribution in [3.8, 4) is 0 Å². The molecule has 0 fully saturated rings. The van der Waals surface area contributed by atoms with Crippen molar-refractivity contribution in [3.05, 3.63) is 64.7 Å². The standard InChI is InChI=1S/C16H15ClOS/c1-16(18)10-15(11-6-8-12(17)9-7-11)19-14-5-3-2-4-13(14)16/h2-9,15,18H,10H2,1H3/t15-,16-/m1/s1. The third kappa shape index (κ3) is 2.53. The highest BCUT2D eigenvalue weighted by molar-refractivity contribution is 7.99. The maximum atomic E-state index is 10.7. The fourth-order valence-electron chi connectivity index (χ4n) is 2.54. The van der Waals surface area contributed by atoms with E-state index in [9.17, 15) is 5.11 Å². The fourth-order valence-corrected chi connectivity index (χ4v) is 4.25. The molecule has 0 amide bonds. The van der Waals surface area contributed by atoms with Crippen molar-refractivity contribution in [1.82, 2.24) is 0 Å². The number of aliphatic hydroxyl groups is 1. The number of hydrogen-bond donors (Lipinski definition) is 1. The van der Waals surface area contributed by atoms with E-state index in [1.165, 1.54) is 10.5 Å². The van der Waals surface area contributed by atoms with Gasteiger partial charge >= 0.3 is 0 Å². The largest absolute Gasteiger partial charge is 0.385 e. The van der Waals surface area contributed by atoms with Crippen LogP contribution in [-0.4, -0.2) is 5.11 Å². The van der Waals surface area contributed by atoms with Crippen LogP contribution in [0.4, 0.5) is 0 Å². The van der Waals surface area contributed by atoms with Crippen LogP contribution in [0.25, 0.3) is 0 Å².